The Bertz CT molecular complexity index is 1320. The fraction of sp³-hybridized carbons (Fsp3) is 0.190. The number of hydrogen-bond donors (Lipinski definition) is 2. The summed E-state index contributed by atoms with van der Waals surface area (Å²) in [4.78, 5) is 25.3. The molecule has 3 aromatic heterocycles. The molecule has 0 saturated carbocycles. The Morgan fingerprint density at radius 1 is 1.21 bits per heavy atom. The molecule has 1 amide bonds. The van der Waals surface area contributed by atoms with Gasteiger partial charge in [0, 0.05) is 31.4 Å². The Morgan fingerprint density at radius 3 is 2.74 bits per heavy atom. The number of alkyl halides is 3. The normalized spacial score (nSPS) is 11.3. The number of carbonyl (C=O) groups is 1. The monoisotopic (exact) mass is 473 g/mol. The second-order valence-electron chi connectivity index (χ2n) is 7.07. The molecular formula is C21H18F3N7O3. The van der Waals surface area contributed by atoms with Crippen LogP contribution in [-0.2, 0) is 13.6 Å². The Morgan fingerprint density at radius 2 is 2.00 bits per heavy atom. The topological polar surface area (TPSA) is 120 Å². The van der Waals surface area contributed by atoms with Crippen molar-refractivity contribution in [2.45, 2.75) is 19.8 Å². The second-order valence-corrected chi connectivity index (χ2v) is 7.07. The summed E-state index contributed by atoms with van der Waals surface area (Å²) in [6, 6.07) is 7.24. The van der Waals surface area contributed by atoms with Crippen molar-refractivity contribution in [2.24, 2.45) is 7.05 Å². The number of hydrogen-bond acceptors (Lipinski definition) is 8. The van der Waals surface area contributed by atoms with E-state index in [4.69, 9.17) is 4.42 Å². The van der Waals surface area contributed by atoms with Gasteiger partial charge in [0.05, 0.1) is 6.20 Å². The molecule has 0 fully saturated rings. The van der Waals surface area contributed by atoms with E-state index in [-0.39, 0.29) is 18.0 Å². The Hall–Kier alpha value is -4.42. The van der Waals surface area contributed by atoms with Crippen molar-refractivity contribution in [1.29, 1.82) is 0 Å². The minimum absolute atomic E-state index is 0.137. The van der Waals surface area contributed by atoms with Crippen molar-refractivity contribution in [1.82, 2.24) is 30.0 Å². The number of ether oxygens (including phenoxy) is 1. The summed E-state index contributed by atoms with van der Waals surface area (Å²) in [6.07, 6.45) is -0.378. The Labute approximate surface area is 190 Å². The van der Waals surface area contributed by atoms with Gasteiger partial charge in [0.25, 0.3) is 5.89 Å². The number of carbonyl (C=O) groups excluding carboxylic acids is 1. The van der Waals surface area contributed by atoms with Crippen LogP contribution in [0.4, 0.5) is 24.9 Å². The van der Waals surface area contributed by atoms with Crippen LogP contribution in [0.1, 0.15) is 21.8 Å². The summed E-state index contributed by atoms with van der Waals surface area (Å²) in [5.41, 5.74) is 1.55. The van der Waals surface area contributed by atoms with Crippen molar-refractivity contribution in [2.75, 3.05) is 5.32 Å². The number of nitrogens with one attached hydrogen (secondary N) is 2. The first kappa shape index (κ1) is 22.8. The van der Waals surface area contributed by atoms with Crippen molar-refractivity contribution >= 4 is 17.7 Å². The van der Waals surface area contributed by atoms with Crippen LogP contribution in [0.5, 0.6) is 5.75 Å². The van der Waals surface area contributed by atoms with Crippen molar-refractivity contribution in [3.63, 3.8) is 0 Å². The lowest BCUT2D eigenvalue weighted by atomic mass is 10.2. The lowest BCUT2D eigenvalue weighted by Gasteiger charge is -2.13. The largest absolute Gasteiger partial charge is 0.573 e. The van der Waals surface area contributed by atoms with E-state index < -0.39 is 18.0 Å². The van der Waals surface area contributed by atoms with Gasteiger partial charge in [-0.05, 0) is 18.6 Å². The molecule has 0 aliphatic heterocycles. The fourth-order valence-electron chi connectivity index (χ4n) is 2.98. The number of aromatic nitrogens is 5. The zero-order valence-electron chi connectivity index (χ0n) is 17.9. The van der Waals surface area contributed by atoms with E-state index in [1.807, 2.05) is 0 Å². The van der Waals surface area contributed by atoms with E-state index in [0.717, 1.165) is 6.07 Å². The van der Waals surface area contributed by atoms with Gasteiger partial charge in [0.15, 0.2) is 0 Å². The van der Waals surface area contributed by atoms with Gasteiger partial charge in [-0.3, -0.25) is 9.48 Å². The molecule has 10 nitrogen and oxygen atoms in total. The van der Waals surface area contributed by atoms with Crippen LogP contribution in [0.3, 0.4) is 0 Å². The quantitative estimate of drug-likeness (QED) is 0.417. The molecule has 3 heterocycles. The Kier molecular flexibility index (Phi) is 6.17. The first-order valence-electron chi connectivity index (χ1n) is 9.86. The summed E-state index contributed by atoms with van der Waals surface area (Å²) in [6.45, 7) is 1.54. The molecule has 4 aromatic rings. The molecule has 0 radical (unpaired) electrons. The molecule has 1 aromatic carbocycles. The van der Waals surface area contributed by atoms with Gasteiger partial charge in [-0.1, -0.05) is 18.2 Å². The predicted molar refractivity (Wildman–Crippen MR) is 113 cm³/mol. The number of para-hydroxylation sites is 1. The summed E-state index contributed by atoms with van der Waals surface area (Å²) in [5.74, 6) is -0.436. The van der Waals surface area contributed by atoms with Crippen LogP contribution in [0.2, 0.25) is 0 Å². The molecule has 0 atom stereocenters. The maximum Gasteiger partial charge on any atom is 0.573 e. The van der Waals surface area contributed by atoms with E-state index >= 15 is 0 Å². The third kappa shape index (κ3) is 5.31. The highest BCUT2D eigenvalue weighted by Crippen LogP contribution is 2.26. The van der Waals surface area contributed by atoms with E-state index in [2.05, 4.69) is 35.4 Å². The standard InChI is InChI=1S/C21H18F3N7O3/c1-12-9-26-20(29-16-7-8-27-31(16)2)30-17(12)14-11-33-19(28-14)18(32)25-10-13-5-3-4-6-15(13)34-21(22,23)24/h3-9,11H,10H2,1-2H3,(H,25,32)(H,26,29,30). The van der Waals surface area contributed by atoms with Gasteiger partial charge in [0.2, 0.25) is 5.95 Å². The van der Waals surface area contributed by atoms with Gasteiger partial charge >= 0.3 is 12.3 Å². The van der Waals surface area contributed by atoms with Gasteiger partial charge in [-0.2, -0.15) is 5.10 Å². The molecule has 4 rings (SSSR count). The van der Waals surface area contributed by atoms with Gasteiger partial charge in [-0.25, -0.2) is 15.0 Å². The Balaban J connectivity index is 1.47. The minimum atomic E-state index is -4.85. The molecule has 0 unspecified atom stereocenters. The minimum Gasteiger partial charge on any atom is -0.440 e. The summed E-state index contributed by atoms with van der Waals surface area (Å²) < 4.78 is 48.6. The second kappa shape index (κ2) is 9.21. The summed E-state index contributed by atoms with van der Waals surface area (Å²) in [5, 5.41) is 9.56. The number of nitrogens with zero attached hydrogens (tertiary/aromatic N) is 5. The molecule has 0 aliphatic rings. The summed E-state index contributed by atoms with van der Waals surface area (Å²) in [7, 11) is 1.76. The fourth-order valence-corrected chi connectivity index (χ4v) is 2.98. The van der Waals surface area contributed by atoms with Crippen molar-refractivity contribution in [3.8, 4) is 17.1 Å². The van der Waals surface area contributed by atoms with Gasteiger partial charge in [0.1, 0.15) is 29.2 Å². The third-order valence-corrected chi connectivity index (χ3v) is 4.61. The lowest BCUT2D eigenvalue weighted by Crippen LogP contribution is -2.24. The molecule has 0 bridgehead atoms. The van der Waals surface area contributed by atoms with Crippen LogP contribution in [0, 0.1) is 6.92 Å². The highest BCUT2D eigenvalue weighted by molar-refractivity contribution is 5.90. The van der Waals surface area contributed by atoms with Crippen LogP contribution < -0.4 is 15.4 Å². The number of aryl methyl sites for hydroxylation is 2. The number of benzene rings is 1. The highest BCUT2D eigenvalue weighted by Gasteiger charge is 2.32. The molecule has 0 saturated heterocycles. The molecule has 0 spiro atoms. The highest BCUT2D eigenvalue weighted by atomic mass is 19.4. The molecule has 176 valence electrons. The lowest BCUT2D eigenvalue weighted by molar-refractivity contribution is -0.274. The first-order valence-corrected chi connectivity index (χ1v) is 9.86. The number of oxazole rings is 1. The van der Waals surface area contributed by atoms with Crippen LogP contribution in [0.25, 0.3) is 11.4 Å². The number of anilines is 2. The number of amides is 1. The average Bonchev–Trinajstić information content (AvgIpc) is 3.43. The number of rotatable bonds is 7. The van der Waals surface area contributed by atoms with E-state index in [0.29, 0.717) is 28.7 Å². The van der Waals surface area contributed by atoms with Gasteiger partial charge < -0.3 is 19.8 Å². The predicted octanol–water partition coefficient (Wildman–Crippen LogP) is 3.75. The molecule has 34 heavy (non-hydrogen) atoms. The van der Waals surface area contributed by atoms with E-state index in [1.54, 1.807) is 37.1 Å². The van der Waals surface area contributed by atoms with E-state index in [9.17, 15) is 18.0 Å². The van der Waals surface area contributed by atoms with Crippen LogP contribution >= 0.6 is 0 Å². The smallest absolute Gasteiger partial charge is 0.440 e. The van der Waals surface area contributed by atoms with Gasteiger partial charge in [-0.15, -0.1) is 13.2 Å². The zero-order valence-corrected chi connectivity index (χ0v) is 17.9. The van der Waals surface area contributed by atoms with E-state index in [1.165, 1.54) is 24.5 Å². The summed E-state index contributed by atoms with van der Waals surface area (Å²) >= 11 is 0. The SMILES string of the molecule is Cc1cnc(Nc2ccnn2C)nc1-c1coc(C(=O)NCc2ccccc2OC(F)(F)F)n1. The van der Waals surface area contributed by atoms with Crippen molar-refractivity contribution < 1.29 is 27.1 Å². The molecule has 13 heteroatoms. The maximum absolute atomic E-state index is 12.6. The average molecular weight is 473 g/mol. The maximum atomic E-state index is 12.6. The van der Waals surface area contributed by atoms with Crippen LogP contribution in [-0.4, -0.2) is 37.0 Å². The van der Waals surface area contributed by atoms with Crippen molar-refractivity contribution in [3.05, 3.63) is 66.0 Å². The molecule has 2 N–H and O–H groups in total. The number of halogens is 3. The zero-order chi connectivity index (χ0) is 24.3. The molecule has 0 aliphatic carbocycles. The molecular weight excluding hydrogens is 455 g/mol. The third-order valence-electron chi connectivity index (χ3n) is 4.61. The van der Waals surface area contributed by atoms with Crippen LogP contribution in [0.15, 0.2) is 53.4 Å². The first-order chi connectivity index (χ1) is 16.2.